The van der Waals surface area contributed by atoms with Crippen LogP contribution in [0.4, 0.5) is 0 Å². The van der Waals surface area contributed by atoms with Gasteiger partial charge in [-0.05, 0) is 60.4 Å². The van der Waals surface area contributed by atoms with Crippen LogP contribution in [0.2, 0.25) is 0 Å². The van der Waals surface area contributed by atoms with Crippen LogP contribution < -0.4 is 0 Å². The van der Waals surface area contributed by atoms with Crippen LogP contribution >= 0.6 is 0 Å². The molecule has 4 aromatic carbocycles. The highest BCUT2D eigenvalue weighted by Crippen LogP contribution is 2.61. The predicted molar refractivity (Wildman–Crippen MR) is 143 cm³/mol. The fourth-order valence-electron chi connectivity index (χ4n) is 6.24. The molecule has 0 radical (unpaired) electrons. The van der Waals surface area contributed by atoms with Gasteiger partial charge in [0.15, 0.2) is 17.8 Å². The van der Waals surface area contributed by atoms with Gasteiger partial charge in [0.05, 0.1) is 16.5 Å². The van der Waals surface area contributed by atoms with Crippen molar-refractivity contribution in [1.29, 1.82) is 0 Å². The summed E-state index contributed by atoms with van der Waals surface area (Å²) in [5.41, 5.74) is 2.71. The molecule has 7 rings (SSSR count). The lowest BCUT2D eigenvalue weighted by Crippen LogP contribution is -2.68. The molecule has 2 atom stereocenters. The van der Waals surface area contributed by atoms with Crippen LogP contribution in [0.5, 0.6) is 0 Å². The quantitative estimate of drug-likeness (QED) is 0.299. The van der Waals surface area contributed by atoms with Gasteiger partial charge in [-0.25, -0.2) is 9.59 Å². The van der Waals surface area contributed by atoms with Crippen molar-refractivity contribution in [2.75, 3.05) is 6.61 Å². The Morgan fingerprint density at radius 1 is 0.605 bits per heavy atom. The minimum Gasteiger partial charge on any atom is -0.453 e. The summed E-state index contributed by atoms with van der Waals surface area (Å²) in [6.07, 6.45) is -1.78. The molecule has 0 fully saturated rings. The van der Waals surface area contributed by atoms with E-state index in [1.165, 1.54) is 0 Å². The minimum absolute atomic E-state index is 0.359. The zero-order valence-corrected chi connectivity index (χ0v) is 21.3. The molecule has 0 heterocycles. The minimum atomic E-state index is -1.16. The van der Waals surface area contributed by atoms with Crippen LogP contribution in [0.3, 0.4) is 0 Å². The van der Waals surface area contributed by atoms with Crippen molar-refractivity contribution in [3.05, 3.63) is 143 Å². The van der Waals surface area contributed by atoms with E-state index in [4.69, 9.17) is 14.2 Å². The first-order valence-corrected chi connectivity index (χ1v) is 12.9. The van der Waals surface area contributed by atoms with E-state index in [9.17, 15) is 9.59 Å². The SMILES string of the molecule is CCO[C@]12c3ccccc3[C@](C)(c3ccccc31)C(OC(=O)c1ccccc1)C2OC(=O)c1ccccc1. The lowest BCUT2D eigenvalue weighted by Gasteiger charge is -2.59. The Balaban J connectivity index is 1.58. The highest BCUT2D eigenvalue weighted by atomic mass is 16.6. The Bertz CT molecular complexity index is 1450. The van der Waals surface area contributed by atoms with Gasteiger partial charge in [-0.15, -0.1) is 0 Å². The summed E-state index contributed by atoms with van der Waals surface area (Å²) in [6, 6.07) is 33.8. The first kappa shape index (κ1) is 24.1. The van der Waals surface area contributed by atoms with E-state index in [2.05, 4.69) is 19.1 Å². The third-order valence-corrected chi connectivity index (χ3v) is 7.88. The highest BCUT2D eigenvalue weighted by Gasteiger charge is 2.68. The van der Waals surface area contributed by atoms with E-state index in [-0.39, 0.29) is 0 Å². The number of rotatable bonds is 6. The third kappa shape index (κ3) is 3.42. The predicted octanol–water partition coefficient (Wildman–Crippen LogP) is 6.05. The summed E-state index contributed by atoms with van der Waals surface area (Å²) in [4.78, 5) is 27.1. The van der Waals surface area contributed by atoms with E-state index < -0.39 is 35.2 Å². The number of fused-ring (bicyclic) bond motifs is 1. The van der Waals surface area contributed by atoms with Crippen LogP contribution in [0.1, 0.15) is 56.8 Å². The summed E-state index contributed by atoms with van der Waals surface area (Å²) >= 11 is 0. The molecule has 5 heteroatoms. The van der Waals surface area contributed by atoms with E-state index in [1.807, 2.05) is 55.5 Å². The Morgan fingerprint density at radius 2 is 1.00 bits per heavy atom. The van der Waals surface area contributed by atoms with Crippen LogP contribution in [0.25, 0.3) is 0 Å². The first-order chi connectivity index (χ1) is 18.5. The van der Waals surface area contributed by atoms with Crippen molar-refractivity contribution in [2.45, 2.75) is 37.1 Å². The largest absolute Gasteiger partial charge is 0.453 e. The molecule has 2 bridgehead atoms. The zero-order valence-electron chi connectivity index (χ0n) is 21.3. The van der Waals surface area contributed by atoms with Crippen LogP contribution in [-0.4, -0.2) is 30.8 Å². The smallest absolute Gasteiger partial charge is 0.338 e. The average Bonchev–Trinajstić information content (AvgIpc) is 2.97. The number of carbonyl (C=O) groups is 2. The second-order valence-corrected chi connectivity index (χ2v) is 9.85. The van der Waals surface area contributed by atoms with Crippen LogP contribution in [0.15, 0.2) is 109 Å². The molecule has 2 unspecified atom stereocenters. The maximum absolute atomic E-state index is 13.5. The second-order valence-electron chi connectivity index (χ2n) is 9.85. The highest BCUT2D eigenvalue weighted by molar-refractivity contribution is 5.91. The molecule has 5 nitrogen and oxygen atoms in total. The Hall–Kier alpha value is -4.22. The lowest BCUT2D eigenvalue weighted by molar-refractivity contribution is -0.176. The number of esters is 2. The standard InChI is InChI=1S/C33H28O5/c1-3-36-33-26-20-12-10-18-24(26)32(2,25-19-11-13-21-27(25)33)28(37-30(34)22-14-6-4-7-15-22)29(33)38-31(35)23-16-8-5-9-17-23/h4-21,28-29H,3H2,1-2H3/t28?,29?,32-,33-. The van der Waals surface area contributed by atoms with E-state index >= 15 is 0 Å². The summed E-state index contributed by atoms with van der Waals surface area (Å²) in [7, 11) is 0. The summed E-state index contributed by atoms with van der Waals surface area (Å²) in [6.45, 7) is 4.34. The summed E-state index contributed by atoms with van der Waals surface area (Å²) in [5, 5.41) is 0. The lowest BCUT2D eigenvalue weighted by atomic mass is 9.51. The molecule has 0 aliphatic heterocycles. The molecule has 190 valence electrons. The topological polar surface area (TPSA) is 61.8 Å². The molecule has 38 heavy (non-hydrogen) atoms. The molecule has 0 saturated heterocycles. The fourth-order valence-corrected chi connectivity index (χ4v) is 6.24. The van der Waals surface area contributed by atoms with Gasteiger partial charge in [-0.2, -0.15) is 0 Å². The molecule has 3 aliphatic rings. The Kier molecular flexibility index (Phi) is 5.88. The summed E-state index contributed by atoms with van der Waals surface area (Å²) in [5.74, 6) is -0.978. The molecule has 3 aliphatic carbocycles. The van der Waals surface area contributed by atoms with E-state index in [0.29, 0.717) is 17.7 Å². The zero-order chi connectivity index (χ0) is 26.3. The van der Waals surface area contributed by atoms with Crippen LogP contribution in [-0.2, 0) is 25.2 Å². The van der Waals surface area contributed by atoms with Crippen LogP contribution in [0, 0.1) is 0 Å². The molecule has 0 N–H and O–H groups in total. The van der Waals surface area contributed by atoms with Crippen molar-refractivity contribution in [2.24, 2.45) is 0 Å². The molecule has 0 spiro atoms. The second kappa shape index (κ2) is 9.26. The molecule has 0 saturated carbocycles. The number of benzene rings is 4. The number of hydrogen-bond acceptors (Lipinski definition) is 5. The van der Waals surface area contributed by atoms with Crippen molar-refractivity contribution in [1.82, 2.24) is 0 Å². The van der Waals surface area contributed by atoms with Gasteiger partial charge in [0, 0.05) is 6.61 Å². The van der Waals surface area contributed by atoms with Crippen molar-refractivity contribution >= 4 is 11.9 Å². The van der Waals surface area contributed by atoms with Crippen molar-refractivity contribution in [3.8, 4) is 0 Å². The van der Waals surface area contributed by atoms with Gasteiger partial charge in [-0.1, -0.05) is 84.9 Å². The normalized spacial score (nSPS) is 24.7. The molecule has 0 aromatic heterocycles. The molecule has 0 amide bonds. The maximum Gasteiger partial charge on any atom is 0.338 e. The van der Waals surface area contributed by atoms with Gasteiger partial charge in [-0.3, -0.25) is 0 Å². The monoisotopic (exact) mass is 504 g/mol. The Labute approximate surface area is 222 Å². The molecular weight excluding hydrogens is 476 g/mol. The van der Waals surface area contributed by atoms with Crippen molar-refractivity contribution in [3.63, 3.8) is 0 Å². The maximum atomic E-state index is 13.5. The third-order valence-electron chi connectivity index (χ3n) is 7.88. The number of carbonyl (C=O) groups excluding carboxylic acids is 2. The number of hydrogen-bond donors (Lipinski definition) is 0. The van der Waals surface area contributed by atoms with E-state index in [0.717, 1.165) is 22.3 Å². The molecular formula is C33H28O5. The average molecular weight is 505 g/mol. The Morgan fingerprint density at radius 3 is 1.45 bits per heavy atom. The fraction of sp³-hybridized carbons (Fsp3) is 0.212. The van der Waals surface area contributed by atoms with Gasteiger partial charge >= 0.3 is 11.9 Å². The van der Waals surface area contributed by atoms with E-state index in [1.54, 1.807) is 48.5 Å². The van der Waals surface area contributed by atoms with Crippen molar-refractivity contribution < 1.29 is 23.8 Å². The molecule has 4 aromatic rings. The van der Waals surface area contributed by atoms with Gasteiger partial charge < -0.3 is 14.2 Å². The summed E-state index contributed by atoms with van der Waals surface area (Å²) < 4.78 is 19.4. The first-order valence-electron chi connectivity index (χ1n) is 12.9. The van der Waals surface area contributed by atoms with Gasteiger partial charge in [0.2, 0.25) is 0 Å². The number of ether oxygens (including phenoxy) is 3. The van der Waals surface area contributed by atoms with Gasteiger partial charge in [0.25, 0.3) is 0 Å². The van der Waals surface area contributed by atoms with Gasteiger partial charge in [0.1, 0.15) is 0 Å².